The van der Waals surface area contributed by atoms with Gasteiger partial charge in [-0.1, -0.05) is 12.1 Å². The lowest BCUT2D eigenvalue weighted by Gasteiger charge is -2.07. The zero-order chi connectivity index (χ0) is 9.87. The summed E-state index contributed by atoms with van der Waals surface area (Å²) in [5, 5.41) is 8.86. The van der Waals surface area contributed by atoms with Crippen molar-refractivity contribution in [2.24, 2.45) is 5.92 Å². The van der Waals surface area contributed by atoms with Crippen molar-refractivity contribution in [3.8, 4) is 5.75 Å². The van der Waals surface area contributed by atoms with E-state index in [4.69, 9.17) is 9.84 Å². The summed E-state index contributed by atoms with van der Waals surface area (Å²) in [6.07, 6.45) is -0.138. The standard InChI is InChI=1S/C10H7BrO3/c11-5-3-1-2-4-6-7(10(12)13)9(6)14-8(4)5/h1-3,6-7,9H,(H,12,13). The number of hydrogen-bond acceptors (Lipinski definition) is 2. The zero-order valence-corrected chi connectivity index (χ0v) is 8.69. The van der Waals surface area contributed by atoms with Crippen molar-refractivity contribution in [1.82, 2.24) is 0 Å². The predicted octanol–water partition coefficient (Wildman–Crippen LogP) is 2.01. The van der Waals surface area contributed by atoms with Crippen molar-refractivity contribution in [1.29, 1.82) is 0 Å². The normalized spacial score (nSPS) is 31.6. The van der Waals surface area contributed by atoms with E-state index >= 15 is 0 Å². The number of fused-ring (bicyclic) bond motifs is 3. The minimum Gasteiger partial charge on any atom is -0.487 e. The maximum Gasteiger partial charge on any atom is 0.311 e. The lowest BCUT2D eigenvalue weighted by Crippen LogP contribution is -2.08. The fourth-order valence-electron chi connectivity index (χ4n) is 2.14. The third kappa shape index (κ3) is 0.892. The first-order valence-electron chi connectivity index (χ1n) is 4.38. The second-order valence-corrected chi connectivity index (χ2v) is 4.48. The summed E-state index contributed by atoms with van der Waals surface area (Å²) in [6, 6.07) is 5.75. The van der Waals surface area contributed by atoms with Crippen LogP contribution in [0.5, 0.6) is 5.75 Å². The van der Waals surface area contributed by atoms with Gasteiger partial charge in [-0.2, -0.15) is 0 Å². The van der Waals surface area contributed by atoms with Gasteiger partial charge in [0.25, 0.3) is 0 Å². The molecule has 1 aliphatic heterocycles. The SMILES string of the molecule is O=C(O)C1C2Oc3c(Br)cccc3C21. The van der Waals surface area contributed by atoms with Crippen molar-refractivity contribution in [2.45, 2.75) is 12.0 Å². The molecule has 1 N–H and O–H groups in total. The predicted molar refractivity (Wildman–Crippen MR) is 52.4 cm³/mol. The fourth-order valence-corrected chi connectivity index (χ4v) is 2.62. The van der Waals surface area contributed by atoms with E-state index in [2.05, 4.69) is 15.9 Å². The molecular weight excluding hydrogens is 248 g/mol. The monoisotopic (exact) mass is 254 g/mol. The lowest BCUT2D eigenvalue weighted by atomic mass is 10.1. The second kappa shape index (κ2) is 2.51. The van der Waals surface area contributed by atoms with Crippen LogP contribution >= 0.6 is 15.9 Å². The Balaban J connectivity index is 2.03. The minimum atomic E-state index is -0.759. The number of aliphatic carboxylic acids is 1. The molecule has 0 radical (unpaired) electrons. The Kier molecular flexibility index (Phi) is 1.49. The number of ether oxygens (including phenoxy) is 1. The summed E-state index contributed by atoms with van der Waals surface area (Å²) in [7, 11) is 0. The molecule has 3 atom stereocenters. The molecule has 0 aromatic heterocycles. The highest BCUT2D eigenvalue weighted by Crippen LogP contribution is 2.59. The van der Waals surface area contributed by atoms with Gasteiger partial charge in [-0.15, -0.1) is 0 Å². The smallest absolute Gasteiger partial charge is 0.311 e. The molecule has 0 amide bonds. The third-order valence-corrected chi connectivity index (χ3v) is 3.47. The van der Waals surface area contributed by atoms with Crippen LogP contribution in [0.15, 0.2) is 22.7 Å². The largest absolute Gasteiger partial charge is 0.487 e. The van der Waals surface area contributed by atoms with Gasteiger partial charge in [0.15, 0.2) is 0 Å². The summed E-state index contributed by atoms with van der Waals surface area (Å²) in [5.74, 6) is -0.206. The molecule has 0 spiro atoms. The van der Waals surface area contributed by atoms with Crippen molar-refractivity contribution >= 4 is 21.9 Å². The Morgan fingerprint density at radius 3 is 3.00 bits per heavy atom. The molecule has 14 heavy (non-hydrogen) atoms. The first-order chi connectivity index (χ1) is 6.70. The number of carboxylic acid groups (broad SMARTS) is 1. The number of para-hydroxylation sites is 1. The van der Waals surface area contributed by atoms with E-state index in [0.29, 0.717) is 0 Å². The highest BCUT2D eigenvalue weighted by molar-refractivity contribution is 9.10. The van der Waals surface area contributed by atoms with E-state index in [1.165, 1.54) is 0 Å². The molecule has 1 aromatic carbocycles. The van der Waals surface area contributed by atoms with Gasteiger partial charge in [0, 0.05) is 11.5 Å². The van der Waals surface area contributed by atoms with Gasteiger partial charge in [-0.25, -0.2) is 0 Å². The van der Waals surface area contributed by atoms with E-state index < -0.39 is 5.97 Å². The number of carbonyl (C=O) groups is 1. The maximum absolute atomic E-state index is 10.8. The van der Waals surface area contributed by atoms with Gasteiger partial charge in [0.1, 0.15) is 17.8 Å². The van der Waals surface area contributed by atoms with Crippen LogP contribution < -0.4 is 4.74 Å². The van der Waals surface area contributed by atoms with E-state index in [1.807, 2.05) is 18.2 Å². The Labute approximate surface area is 88.8 Å². The number of halogens is 1. The molecule has 0 saturated heterocycles. The summed E-state index contributed by atoms with van der Waals surface area (Å²) in [6.45, 7) is 0. The van der Waals surface area contributed by atoms with Crippen LogP contribution in [0.4, 0.5) is 0 Å². The molecule has 3 rings (SSSR count). The Morgan fingerprint density at radius 2 is 2.29 bits per heavy atom. The maximum atomic E-state index is 10.8. The van der Waals surface area contributed by atoms with Gasteiger partial charge in [-0.3, -0.25) is 4.79 Å². The van der Waals surface area contributed by atoms with Gasteiger partial charge in [-0.05, 0) is 22.0 Å². The Morgan fingerprint density at radius 1 is 1.50 bits per heavy atom. The Bertz CT molecular complexity index is 429. The van der Waals surface area contributed by atoms with Crippen molar-refractivity contribution < 1.29 is 14.6 Å². The average molecular weight is 255 g/mol. The van der Waals surface area contributed by atoms with Crippen LogP contribution in [0.2, 0.25) is 0 Å². The zero-order valence-electron chi connectivity index (χ0n) is 7.11. The molecule has 3 unspecified atom stereocenters. The lowest BCUT2D eigenvalue weighted by molar-refractivity contribution is -0.139. The second-order valence-electron chi connectivity index (χ2n) is 3.63. The Hall–Kier alpha value is -1.03. The van der Waals surface area contributed by atoms with Crippen molar-refractivity contribution in [3.05, 3.63) is 28.2 Å². The quantitative estimate of drug-likeness (QED) is 0.834. The summed E-state index contributed by atoms with van der Waals surface area (Å²) < 4.78 is 6.47. The van der Waals surface area contributed by atoms with E-state index in [0.717, 1.165) is 15.8 Å². The molecular formula is C10H7BrO3. The van der Waals surface area contributed by atoms with Gasteiger partial charge in [0.2, 0.25) is 0 Å². The van der Waals surface area contributed by atoms with Crippen molar-refractivity contribution in [2.75, 3.05) is 0 Å². The molecule has 1 aromatic rings. The molecule has 1 heterocycles. The first kappa shape index (κ1) is 8.29. The molecule has 2 aliphatic rings. The summed E-state index contributed by atoms with van der Waals surface area (Å²) in [5.41, 5.74) is 1.02. The number of carboxylic acids is 1. The molecule has 0 bridgehead atoms. The fraction of sp³-hybridized carbons (Fsp3) is 0.300. The van der Waals surface area contributed by atoms with Crippen LogP contribution in [-0.2, 0) is 4.79 Å². The summed E-state index contributed by atoms with van der Waals surface area (Å²) in [4.78, 5) is 10.8. The summed E-state index contributed by atoms with van der Waals surface area (Å²) >= 11 is 3.38. The molecule has 4 heteroatoms. The van der Waals surface area contributed by atoms with Gasteiger partial charge < -0.3 is 9.84 Å². The highest BCUT2D eigenvalue weighted by atomic mass is 79.9. The molecule has 72 valence electrons. The molecule has 1 fully saturated rings. The first-order valence-corrected chi connectivity index (χ1v) is 5.17. The van der Waals surface area contributed by atoms with Crippen LogP contribution in [-0.4, -0.2) is 17.2 Å². The van der Waals surface area contributed by atoms with Crippen LogP contribution in [0.3, 0.4) is 0 Å². The van der Waals surface area contributed by atoms with Gasteiger partial charge in [0.05, 0.1) is 4.47 Å². The van der Waals surface area contributed by atoms with E-state index in [-0.39, 0.29) is 17.9 Å². The van der Waals surface area contributed by atoms with Crippen LogP contribution in [0.1, 0.15) is 11.5 Å². The third-order valence-electron chi connectivity index (χ3n) is 2.85. The minimum absolute atomic E-state index is 0.0694. The molecule has 3 nitrogen and oxygen atoms in total. The topological polar surface area (TPSA) is 46.5 Å². The number of rotatable bonds is 1. The molecule has 1 saturated carbocycles. The van der Waals surface area contributed by atoms with Crippen LogP contribution in [0.25, 0.3) is 0 Å². The number of benzene rings is 1. The highest BCUT2D eigenvalue weighted by Gasteiger charge is 2.63. The van der Waals surface area contributed by atoms with E-state index in [1.54, 1.807) is 0 Å². The van der Waals surface area contributed by atoms with Gasteiger partial charge >= 0.3 is 5.97 Å². The van der Waals surface area contributed by atoms with Crippen LogP contribution in [0, 0.1) is 5.92 Å². The van der Waals surface area contributed by atoms with E-state index in [9.17, 15) is 4.79 Å². The molecule has 1 aliphatic carbocycles. The number of hydrogen-bond donors (Lipinski definition) is 1. The average Bonchev–Trinajstić information content (AvgIpc) is 2.73. The van der Waals surface area contributed by atoms with Crippen molar-refractivity contribution in [3.63, 3.8) is 0 Å².